The van der Waals surface area contributed by atoms with Crippen LogP contribution in [-0.4, -0.2) is 46.8 Å². The summed E-state index contributed by atoms with van der Waals surface area (Å²) in [5, 5.41) is 3.00. The van der Waals surface area contributed by atoms with Crippen molar-refractivity contribution in [1.29, 1.82) is 0 Å². The van der Waals surface area contributed by atoms with E-state index in [-0.39, 0.29) is 0 Å². The van der Waals surface area contributed by atoms with E-state index >= 15 is 0 Å². The summed E-state index contributed by atoms with van der Waals surface area (Å²) < 4.78 is 21.3. The Morgan fingerprint density at radius 3 is 2.46 bits per heavy atom. The number of hydrogen-bond donors (Lipinski definition) is 1. The smallest absolute Gasteiger partial charge is 0.160 e. The lowest BCUT2D eigenvalue weighted by molar-refractivity contribution is 0.0303. The molecular weight excluding hydrogens is 306 g/mol. The van der Waals surface area contributed by atoms with Crippen LogP contribution in [0.15, 0.2) is 18.2 Å². The summed E-state index contributed by atoms with van der Waals surface area (Å²) in [6, 6.07) is 6.06. The fourth-order valence-electron chi connectivity index (χ4n) is 2.97. The Balaban J connectivity index is 0.000000355. The van der Waals surface area contributed by atoms with Gasteiger partial charge in [-0.05, 0) is 37.0 Å². The van der Waals surface area contributed by atoms with Gasteiger partial charge in [0.25, 0.3) is 0 Å². The molecule has 3 rings (SSSR count). The second kappa shape index (κ2) is 11.3. The van der Waals surface area contributed by atoms with E-state index in [9.17, 15) is 0 Å². The predicted octanol–water partition coefficient (Wildman–Crippen LogP) is 3.16. The van der Waals surface area contributed by atoms with Crippen LogP contribution in [0.1, 0.15) is 37.7 Å². The fourth-order valence-corrected chi connectivity index (χ4v) is 2.97. The molecule has 5 heteroatoms. The fraction of sp³-hybridized carbons (Fsp3) is 0.684. The van der Waals surface area contributed by atoms with Crippen LogP contribution in [-0.2, 0) is 15.9 Å². The summed E-state index contributed by atoms with van der Waals surface area (Å²) in [5.74, 6) is 1.57. The van der Waals surface area contributed by atoms with Gasteiger partial charge in [0.05, 0.1) is 40.3 Å². The first-order chi connectivity index (χ1) is 11.8. The minimum atomic E-state index is 0.480. The van der Waals surface area contributed by atoms with Crippen molar-refractivity contribution in [2.24, 2.45) is 0 Å². The lowest BCUT2D eigenvalue weighted by Gasteiger charge is -2.22. The van der Waals surface area contributed by atoms with Gasteiger partial charge in [0.15, 0.2) is 11.5 Å². The Morgan fingerprint density at radius 1 is 1.08 bits per heavy atom. The van der Waals surface area contributed by atoms with Gasteiger partial charge in [-0.2, -0.15) is 0 Å². The molecule has 0 aromatic heterocycles. The first kappa shape index (κ1) is 19.0. The third-order valence-electron chi connectivity index (χ3n) is 4.37. The molecule has 1 saturated carbocycles. The van der Waals surface area contributed by atoms with Crippen molar-refractivity contribution in [3.8, 4) is 11.5 Å². The van der Waals surface area contributed by atoms with Gasteiger partial charge in [-0.15, -0.1) is 0 Å². The molecule has 2 aliphatic rings. The molecule has 5 nitrogen and oxygen atoms in total. The van der Waals surface area contributed by atoms with Crippen LogP contribution in [0.3, 0.4) is 0 Å². The molecule has 0 atom stereocenters. The quantitative estimate of drug-likeness (QED) is 0.864. The Labute approximate surface area is 145 Å². The van der Waals surface area contributed by atoms with Crippen LogP contribution < -0.4 is 14.8 Å². The summed E-state index contributed by atoms with van der Waals surface area (Å²) >= 11 is 0. The minimum absolute atomic E-state index is 0.480. The van der Waals surface area contributed by atoms with Gasteiger partial charge in [-0.1, -0.05) is 25.3 Å². The summed E-state index contributed by atoms with van der Waals surface area (Å²) in [6.45, 7) is 3.46. The average molecular weight is 337 g/mol. The van der Waals surface area contributed by atoms with Crippen LogP contribution in [0.25, 0.3) is 0 Å². The Kier molecular flexibility index (Phi) is 8.95. The van der Waals surface area contributed by atoms with E-state index in [1.54, 1.807) is 14.2 Å². The van der Waals surface area contributed by atoms with Crippen LogP contribution >= 0.6 is 0 Å². The van der Waals surface area contributed by atoms with Crippen molar-refractivity contribution in [3.05, 3.63) is 23.8 Å². The van der Waals surface area contributed by atoms with E-state index in [1.807, 2.05) is 12.1 Å². The Bertz CT molecular complexity index is 449. The molecule has 0 amide bonds. The van der Waals surface area contributed by atoms with E-state index in [0.29, 0.717) is 6.10 Å². The molecule has 0 radical (unpaired) electrons. The van der Waals surface area contributed by atoms with E-state index in [0.717, 1.165) is 44.4 Å². The molecule has 1 N–H and O–H groups in total. The second-order valence-electron chi connectivity index (χ2n) is 6.12. The number of ether oxygens (including phenoxy) is 4. The maximum atomic E-state index is 5.94. The highest BCUT2D eigenvalue weighted by molar-refractivity contribution is 5.42. The maximum Gasteiger partial charge on any atom is 0.160 e. The van der Waals surface area contributed by atoms with Gasteiger partial charge in [-0.25, -0.2) is 0 Å². The number of nitrogens with one attached hydrogen (secondary N) is 1. The van der Waals surface area contributed by atoms with Gasteiger partial charge >= 0.3 is 0 Å². The maximum absolute atomic E-state index is 5.94. The molecule has 24 heavy (non-hydrogen) atoms. The molecule has 0 bridgehead atoms. The molecule has 0 spiro atoms. The zero-order chi connectivity index (χ0) is 17.0. The highest BCUT2D eigenvalue weighted by Crippen LogP contribution is 2.28. The van der Waals surface area contributed by atoms with Crippen LogP contribution in [0.2, 0.25) is 0 Å². The molecule has 1 heterocycles. The minimum Gasteiger partial charge on any atom is -0.493 e. The van der Waals surface area contributed by atoms with Gasteiger partial charge in [0, 0.05) is 6.54 Å². The molecular formula is C19H31NO4. The van der Waals surface area contributed by atoms with Crippen LogP contribution in [0, 0.1) is 0 Å². The van der Waals surface area contributed by atoms with Gasteiger partial charge in [0.2, 0.25) is 0 Å². The molecule has 2 fully saturated rings. The normalized spacial score (nSPS) is 17.9. The van der Waals surface area contributed by atoms with Crippen molar-refractivity contribution in [1.82, 2.24) is 5.32 Å². The lowest BCUT2D eigenvalue weighted by atomic mass is 9.98. The van der Waals surface area contributed by atoms with Crippen molar-refractivity contribution in [3.63, 3.8) is 0 Å². The SMILES string of the molecule is C1COCN1.COc1ccc(CCOC2CCCCC2)cc1OC. The zero-order valence-electron chi connectivity index (χ0n) is 15.0. The zero-order valence-corrected chi connectivity index (χ0v) is 15.0. The largest absolute Gasteiger partial charge is 0.493 e. The van der Waals surface area contributed by atoms with E-state index < -0.39 is 0 Å². The average Bonchev–Trinajstić information content (AvgIpc) is 3.22. The number of methoxy groups -OCH3 is 2. The molecule has 136 valence electrons. The predicted molar refractivity (Wildman–Crippen MR) is 94.9 cm³/mol. The van der Waals surface area contributed by atoms with Crippen molar-refractivity contribution >= 4 is 0 Å². The van der Waals surface area contributed by atoms with E-state index in [2.05, 4.69) is 11.4 Å². The van der Waals surface area contributed by atoms with Crippen LogP contribution in [0.5, 0.6) is 11.5 Å². The van der Waals surface area contributed by atoms with Crippen molar-refractivity contribution < 1.29 is 18.9 Å². The number of hydrogen-bond acceptors (Lipinski definition) is 5. The molecule has 1 aliphatic heterocycles. The first-order valence-corrected chi connectivity index (χ1v) is 8.94. The van der Waals surface area contributed by atoms with E-state index in [4.69, 9.17) is 18.9 Å². The Morgan fingerprint density at radius 2 is 1.88 bits per heavy atom. The molecule has 1 saturated heterocycles. The van der Waals surface area contributed by atoms with Crippen molar-refractivity contribution in [2.75, 3.05) is 40.7 Å². The van der Waals surface area contributed by atoms with Crippen LogP contribution in [0.4, 0.5) is 0 Å². The van der Waals surface area contributed by atoms with Gasteiger partial charge in [0.1, 0.15) is 0 Å². The van der Waals surface area contributed by atoms with Crippen molar-refractivity contribution in [2.45, 2.75) is 44.6 Å². The monoisotopic (exact) mass is 337 g/mol. The molecule has 1 aromatic rings. The van der Waals surface area contributed by atoms with E-state index in [1.165, 1.54) is 37.7 Å². The summed E-state index contributed by atoms with van der Waals surface area (Å²) in [7, 11) is 3.32. The lowest BCUT2D eigenvalue weighted by Crippen LogP contribution is -2.17. The summed E-state index contributed by atoms with van der Waals surface area (Å²) in [6.07, 6.45) is 7.88. The second-order valence-corrected chi connectivity index (χ2v) is 6.12. The molecule has 1 aliphatic carbocycles. The summed E-state index contributed by atoms with van der Waals surface area (Å²) in [4.78, 5) is 0. The third-order valence-corrected chi connectivity index (χ3v) is 4.37. The standard InChI is InChI=1S/C16H24O3.C3H7NO/c1-17-15-9-8-13(12-16(15)18-2)10-11-19-14-6-4-3-5-7-14;1-2-5-3-4-1/h8-9,12,14H,3-7,10-11H2,1-2H3;4H,1-3H2. The number of rotatable bonds is 6. The topological polar surface area (TPSA) is 49.0 Å². The third kappa shape index (κ3) is 6.67. The highest BCUT2D eigenvalue weighted by atomic mass is 16.5. The summed E-state index contributed by atoms with van der Waals surface area (Å²) in [5.41, 5.74) is 1.23. The molecule has 1 aromatic carbocycles. The number of benzene rings is 1. The Hall–Kier alpha value is -1.30. The molecule has 0 unspecified atom stereocenters. The highest BCUT2D eigenvalue weighted by Gasteiger charge is 2.13. The first-order valence-electron chi connectivity index (χ1n) is 8.94. The van der Waals surface area contributed by atoms with Gasteiger partial charge in [-0.3, -0.25) is 5.32 Å². The van der Waals surface area contributed by atoms with Gasteiger partial charge < -0.3 is 18.9 Å².